The zero-order chi connectivity index (χ0) is 17.4. The van der Waals surface area contributed by atoms with Crippen LogP contribution in [0.1, 0.15) is 30.9 Å². The van der Waals surface area contributed by atoms with Gasteiger partial charge in [0.2, 0.25) is 5.91 Å². The van der Waals surface area contributed by atoms with Crippen molar-refractivity contribution < 1.29 is 9.90 Å². The van der Waals surface area contributed by atoms with Crippen molar-refractivity contribution in [2.24, 2.45) is 0 Å². The van der Waals surface area contributed by atoms with Gasteiger partial charge in [-0.3, -0.25) is 4.79 Å². The van der Waals surface area contributed by atoms with Crippen LogP contribution in [-0.4, -0.2) is 36.6 Å². The molecule has 0 saturated carbocycles. The number of carbonyl (C=O) groups excluding carboxylic acids is 1. The average Bonchev–Trinajstić information content (AvgIpc) is 3.24. The first kappa shape index (κ1) is 15.9. The van der Waals surface area contributed by atoms with E-state index < -0.39 is 0 Å². The maximum atomic E-state index is 12.8. The summed E-state index contributed by atoms with van der Waals surface area (Å²) in [5.74, 6) is 0.746. The Hall–Kier alpha value is -2.60. The van der Waals surface area contributed by atoms with Crippen molar-refractivity contribution in [1.29, 1.82) is 0 Å². The van der Waals surface area contributed by atoms with E-state index in [9.17, 15) is 9.90 Å². The number of aryl methyl sites for hydroxylation is 1. The number of aliphatic hydroxyl groups is 1. The van der Waals surface area contributed by atoms with Crippen LogP contribution in [0.3, 0.4) is 0 Å². The van der Waals surface area contributed by atoms with Gasteiger partial charge in [0.1, 0.15) is 12.4 Å². The van der Waals surface area contributed by atoms with E-state index in [0.717, 1.165) is 24.1 Å². The van der Waals surface area contributed by atoms with Crippen molar-refractivity contribution >= 4 is 16.9 Å². The smallest absolute Gasteiger partial charge is 0.224 e. The summed E-state index contributed by atoms with van der Waals surface area (Å²) in [4.78, 5) is 19.2. The van der Waals surface area contributed by atoms with Crippen LogP contribution >= 0.6 is 0 Å². The Bertz CT molecular complexity index is 911. The molecular formula is C19H22N4O2. The summed E-state index contributed by atoms with van der Waals surface area (Å²) in [6.07, 6.45) is 2.47. The van der Waals surface area contributed by atoms with Gasteiger partial charge in [0.05, 0.1) is 17.1 Å². The topological polar surface area (TPSA) is 63.3 Å². The van der Waals surface area contributed by atoms with Crippen LogP contribution in [0.5, 0.6) is 0 Å². The lowest BCUT2D eigenvalue weighted by Gasteiger charge is -2.35. The molecule has 0 aliphatic carbocycles. The highest BCUT2D eigenvalue weighted by Gasteiger charge is 2.27. The Balaban J connectivity index is 1.51. The summed E-state index contributed by atoms with van der Waals surface area (Å²) < 4.78 is 4.16. The molecule has 2 aromatic heterocycles. The summed E-state index contributed by atoms with van der Waals surface area (Å²) in [5.41, 5.74) is 2.99. The first-order chi connectivity index (χ1) is 12.2. The molecule has 0 bridgehead atoms. The lowest BCUT2D eigenvalue weighted by Crippen LogP contribution is -2.41. The standard InChI is InChI=1S/C19H22N4O2/c1-14-16-7-4-9-21(16)11-12-22(14)19(25)8-10-23-17-6-3-2-5-15(17)20-18(23)13-24/h2-7,9,14,24H,8,10-13H2,1H3. The van der Waals surface area contributed by atoms with E-state index >= 15 is 0 Å². The minimum atomic E-state index is -0.128. The van der Waals surface area contributed by atoms with Crippen LogP contribution in [0.4, 0.5) is 0 Å². The molecule has 6 heteroatoms. The van der Waals surface area contributed by atoms with Crippen molar-refractivity contribution in [1.82, 2.24) is 19.0 Å². The number of nitrogens with zero attached hydrogens (tertiary/aromatic N) is 4. The number of aliphatic hydroxyl groups excluding tert-OH is 1. The molecule has 3 aromatic rings. The highest BCUT2D eigenvalue weighted by atomic mass is 16.3. The third kappa shape index (κ3) is 2.72. The second-order valence-corrected chi connectivity index (χ2v) is 6.47. The lowest BCUT2D eigenvalue weighted by atomic mass is 10.1. The zero-order valence-electron chi connectivity index (χ0n) is 14.3. The van der Waals surface area contributed by atoms with E-state index in [1.165, 1.54) is 5.69 Å². The Kier molecular flexibility index (Phi) is 4.05. The Labute approximate surface area is 146 Å². The summed E-state index contributed by atoms with van der Waals surface area (Å²) >= 11 is 0. The van der Waals surface area contributed by atoms with Gasteiger partial charge in [-0.15, -0.1) is 0 Å². The molecule has 130 valence electrons. The Morgan fingerprint density at radius 2 is 2.08 bits per heavy atom. The number of hydrogen-bond donors (Lipinski definition) is 1. The first-order valence-electron chi connectivity index (χ1n) is 8.68. The van der Waals surface area contributed by atoms with Crippen LogP contribution in [0.25, 0.3) is 11.0 Å². The summed E-state index contributed by atoms with van der Waals surface area (Å²) in [6.45, 7) is 4.05. The van der Waals surface area contributed by atoms with Gasteiger partial charge in [-0.25, -0.2) is 4.98 Å². The number of aromatic nitrogens is 3. The van der Waals surface area contributed by atoms with Crippen LogP contribution in [-0.2, 0) is 24.5 Å². The van der Waals surface area contributed by atoms with Gasteiger partial charge in [0, 0.05) is 37.9 Å². The largest absolute Gasteiger partial charge is 0.388 e. The van der Waals surface area contributed by atoms with E-state index in [1.807, 2.05) is 39.8 Å². The van der Waals surface area contributed by atoms with Crippen molar-refractivity contribution in [2.45, 2.75) is 39.1 Å². The van der Waals surface area contributed by atoms with Crippen LogP contribution in [0, 0.1) is 0 Å². The highest BCUT2D eigenvalue weighted by molar-refractivity contribution is 5.78. The summed E-state index contributed by atoms with van der Waals surface area (Å²) in [5, 5.41) is 9.58. The van der Waals surface area contributed by atoms with Crippen LogP contribution in [0.2, 0.25) is 0 Å². The van der Waals surface area contributed by atoms with Gasteiger partial charge in [0.15, 0.2) is 0 Å². The number of hydrogen-bond acceptors (Lipinski definition) is 3. The maximum Gasteiger partial charge on any atom is 0.224 e. The molecular weight excluding hydrogens is 316 g/mol. The molecule has 1 amide bonds. The predicted octanol–water partition coefficient (Wildman–Crippen LogP) is 2.32. The maximum absolute atomic E-state index is 12.8. The van der Waals surface area contributed by atoms with Gasteiger partial charge < -0.3 is 19.1 Å². The lowest BCUT2D eigenvalue weighted by molar-refractivity contribution is -0.134. The fourth-order valence-electron chi connectivity index (χ4n) is 3.77. The summed E-state index contributed by atoms with van der Waals surface area (Å²) in [6, 6.07) is 12.0. The molecule has 1 atom stereocenters. The van der Waals surface area contributed by atoms with Crippen molar-refractivity contribution in [3.8, 4) is 0 Å². The van der Waals surface area contributed by atoms with Gasteiger partial charge in [-0.05, 0) is 31.2 Å². The quantitative estimate of drug-likeness (QED) is 0.794. The normalized spacial score (nSPS) is 17.0. The molecule has 1 unspecified atom stereocenters. The SMILES string of the molecule is CC1c2cccn2CCN1C(=O)CCn1c(CO)nc2ccccc21. The fraction of sp³-hybridized carbons (Fsp3) is 0.368. The van der Waals surface area contributed by atoms with E-state index in [1.54, 1.807) is 0 Å². The summed E-state index contributed by atoms with van der Waals surface area (Å²) in [7, 11) is 0. The van der Waals surface area contributed by atoms with Gasteiger partial charge in [-0.1, -0.05) is 12.1 Å². The predicted molar refractivity (Wildman–Crippen MR) is 94.8 cm³/mol. The highest BCUT2D eigenvalue weighted by Crippen LogP contribution is 2.26. The molecule has 25 heavy (non-hydrogen) atoms. The molecule has 6 nitrogen and oxygen atoms in total. The van der Waals surface area contributed by atoms with Crippen LogP contribution < -0.4 is 0 Å². The number of amides is 1. The monoisotopic (exact) mass is 338 g/mol. The van der Waals surface area contributed by atoms with Crippen molar-refractivity contribution in [2.75, 3.05) is 6.54 Å². The van der Waals surface area contributed by atoms with Crippen LogP contribution in [0.15, 0.2) is 42.6 Å². The van der Waals surface area contributed by atoms with Gasteiger partial charge >= 0.3 is 0 Å². The number of para-hydroxylation sites is 2. The van der Waals surface area contributed by atoms with Crippen molar-refractivity contribution in [3.63, 3.8) is 0 Å². The fourth-order valence-corrected chi connectivity index (χ4v) is 3.77. The van der Waals surface area contributed by atoms with E-state index in [4.69, 9.17) is 0 Å². The molecule has 1 aliphatic heterocycles. The second-order valence-electron chi connectivity index (χ2n) is 6.47. The number of benzene rings is 1. The molecule has 1 N–H and O–H groups in total. The molecule has 1 aromatic carbocycles. The van der Waals surface area contributed by atoms with E-state index in [0.29, 0.717) is 18.8 Å². The second kappa shape index (κ2) is 6.37. The molecule has 1 aliphatic rings. The first-order valence-corrected chi connectivity index (χ1v) is 8.68. The Morgan fingerprint density at radius 3 is 2.92 bits per heavy atom. The molecule has 0 saturated heterocycles. The molecule has 0 fully saturated rings. The van der Waals surface area contributed by atoms with Gasteiger partial charge in [-0.2, -0.15) is 0 Å². The number of imidazole rings is 1. The molecule has 3 heterocycles. The van der Waals surface area contributed by atoms with Gasteiger partial charge in [0.25, 0.3) is 0 Å². The van der Waals surface area contributed by atoms with E-state index in [-0.39, 0.29) is 18.6 Å². The minimum Gasteiger partial charge on any atom is -0.388 e. The third-order valence-corrected chi connectivity index (χ3v) is 5.09. The Morgan fingerprint density at radius 1 is 1.24 bits per heavy atom. The third-order valence-electron chi connectivity index (χ3n) is 5.09. The number of carbonyl (C=O) groups is 1. The van der Waals surface area contributed by atoms with Crippen molar-refractivity contribution in [3.05, 3.63) is 54.1 Å². The zero-order valence-corrected chi connectivity index (χ0v) is 14.3. The molecule has 4 rings (SSSR count). The minimum absolute atomic E-state index is 0.0908. The molecule has 0 spiro atoms. The average molecular weight is 338 g/mol. The number of rotatable bonds is 4. The van der Waals surface area contributed by atoms with E-state index in [2.05, 4.69) is 28.7 Å². The number of fused-ring (bicyclic) bond motifs is 2. The molecule has 0 radical (unpaired) electrons.